The summed E-state index contributed by atoms with van der Waals surface area (Å²) >= 11 is 0. The summed E-state index contributed by atoms with van der Waals surface area (Å²) in [5, 5.41) is 2.36. The lowest BCUT2D eigenvalue weighted by atomic mass is 9.96. The SMILES string of the molecule is CCOC(=O)C1CC(=O)NCC1=O. The van der Waals surface area contributed by atoms with E-state index < -0.39 is 11.9 Å². The van der Waals surface area contributed by atoms with Crippen LogP contribution in [0.5, 0.6) is 0 Å². The van der Waals surface area contributed by atoms with Crippen molar-refractivity contribution < 1.29 is 19.1 Å². The largest absolute Gasteiger partial charge is 0.465 e. The lowest BCUT2D eigenvalue weighted by Gasteiger charge is -2.18. The molecule has 0 saturated carbocycles. The third-order valence-electron chi connectivity index (χ3n) is 1.81. The second kappa shape index (κ2) is 4.02. The van der Waals surface area contributed by atoms with E-state index in [1.54, 1.807) is 6.92 Å². The van der Waals surface area contributed by atoms with E-state index in [9.17, 15) is 14.4 Å². The molecule has 72 valence electrons. The molecule has 1 aliphatic heterocycles. The molecule has 0 aromatic rings. The van der Waals surface area contributed by atoms with E-state index in [0.29, 0.717) is 0 Å². The Morgan fingerprint density at radius 2 is 2.31 bits per heavy atom. The van der Waals surface area contributed by atoms with Crippen molar-refractivity contribution in [2.24, 2.45) is 5.92 Å². The molecular formula is C8H11NO4. The summed E-state index contributed by atoms with van der Waals surface area (Å²) in [6.45, 7) is 1.82. The van der Waals surface area contributed by atoms with Crippen molar-refractivity contribution in [3.63, 3.8) is 0 Å². The van der Waals surface area contributed by atoms with Crippen LogP contribution < -0.4 is 5.32 Å². The molecule has 0 bridgehead atoms. The fourth-order valence-corrected chi connectivity index (χ4v) is 1.14. The Hall–Kier alpha value is -1.39. The van der Waals surface area contributed by atoms with Crippen LogP contribution in [0.1, 0.15) is 13.3 Å². The topological polar surface area (TPSA) is 72.5 Å². The van der Waals surface area contributed by atoms with Gasteiger partial charge in [-0.3, -0.25) is 14.4 Å². The molecule has 1 saturated heterocycles. The fourth-order valence-electron chi connectivity index (χ4n) is 1.14. The van der Waals surface area contributed by atoms with Crippen LogP contribution in [-0.4, -0.2) is 30.8 Å². The van der Waals surface area contributed by atoms with Gasteiger partial charge in [0.1, 0.15) is 5.92 Å². The Kier molecular flexibility index (Phi) is 3.00. The van der Waals surface area contributed by atoms with Crippen LogP contribution in [0.15, 0.2) is 0 Å². The molecule has 5 nitrogen and oxygen atoms in total. The second-order valence-corrected chi connectivity index (χ2v) is 2.75. The Morgan fingerprint density at radius 1 is 1.62 bits per heavy atom. The number of Topliss-reactive ketones (excluding diaryl/α,β-unsaturated/α-hetero) is 1. The minimum Gasteiger partial charge on any atom is -0.465 e. The van der Waals surface area contributed by atoms with Crippen LogP contribution in [0, 0.1) is 5.92 Å². The highest BCUT2D eigenvalue weighted by Gasteiger charge is 2.33. The van der Waals surface area contributed by atoms with Crippen molar-refractivity contribution in [1.82, 2.24) is 5.32 Å². The van der Waals surface area contributed by atoms with Crippen LogP contribution in [-0.2, 0) is 19.1 Å². The summed E-state index contributed by atoms with van der Waals surface area (Å²) in [4.78, 5) is 33.1. The van der Waals surface area contributed by atoms with E-state index in [1.165, 1.54) is 0 Å². The molecule has 0 aromatic heterocycles. The molecule has 1 unspecified atom stereocenters. The molecule has 1 heterocycles. The average molecular weight is 185 g/mol. The molecule has 0 radical (unpaired) electrons. The smallest absolute Gasteiger partial charge is 0.317 e. The van der Waals surface area contributed by atoms with Gasteiger partial charge in [0.2, 0.25) is 5.91 Å². The molecule has 1 fully saturated rings. The van der Waals surface area contributed by atoms with Gasteiger partial charge < -0.3 is 10.1 Å². The second-order valence-electron chi connectivity index (χ2n) is 2.75. The average Bonchev–Trinajstić information content (AvgIpc) is 2.09. The molecule has 0 aliphatic carbocycles. The molecule has 1 N–H and O–H groups in total. The number of hydrogen-bond donors (Lipinski definition) is 1. The summed E-state index contributed by atoms with van der Waals surface area (Å²) < 4.78 is 4.66. The Balaban J connectivity index is 2.60. The predicted molar refractivity (Wildman–Crippen MR) is 42.8 cm³/mol. The summed E-state index contributed by atoms with van der Waals surface area (Å²) in [6.07, 6.45) is -0.0856. The summed E-state index contributed by atoms with van der Waals surface area (Å²) in [7, 11) is 0. The van der Waals surface area contributed by atoms with Gasteiger partial charge in [-0.2, -0.15) is 0 Å². The van der Waals surface area contributed by atoms with Crippen LogP contribution in [0.25, 0.3) is 0 Å². The monoisotopic (exact) mass is 185 g/mol. The summed E-state index contributed by atoms with van der Waals surface area (Å²) in [5.74, 6) is -2.05. The van der Waals surface area contributed by atoms with Crippen molar-refractivity contribution in [3.8, 4) is 0 Å². The number of hydrogen-bond acceptors (Lipinski definition) is 4. The van der Waals surface area contributed by atoms with Gasteiger partial charge in [-0.25, -0.2) is 0 Å². The van der Waals surface area contributed by atoms with Gasteiger partial charge >= 0.3 is 5.97 Å². The van der Waals surface area contributed by atoms with Gasteiger partial charge in [0, 0.05) is 6.42 Å². The lowest BCUT2D eigenvalue weighted by molar-refractivity contribution is -0.155. The van der Waals surface area contributed by atoms with E-state index in [2.05, 4.69) is 10.1 Å². The summed E-state index contributed by atoms with van der Waals surface area (Å²) in [5.41, 5.74) is 0. The molecular weight excluding hydrogens is 174 g/mol. The number of piperidine rings is 1. The van der Waals surface area contributed by atoms with Crippen LogP contribution in [0.4, 0.5) is 0 Å². The third kappa shape index (κ3) is 2.27. The maximum Gasteiger partial charge on any atom is 0.317 e. The first-order chi connectivity index (χ1) is 6.15. The number of esters is 1. The Labute approximate surface area is 75.4 Å². The van der Waals surface area contributed by atoms with Crippen LogP contribution >= 0.6 is 0 Å². The number of amides is 1. The van der Waals surface area contributed by atoms with Crippen molar-refractivity contribution in [2.75, 3.05) is 13.2 Å². The van der Waals surface area contributed by atoms with Crippen LogP contribution in [0.2, 0.25) is 0 Å². The zero-order chi connectivity index (χ0) is 9.84. The molecule has 1 rings (SSSR count). The van der Waals surface area contributed by atoms with Gasteiger partial charge in [0.25, 0.3) is 0 Å². The van der Waals surface area contributed by atoms with E-state index in [4.69, 9.17) is 0 Å². The van der Waals surface area contributed by atoms with Gasteiger partial charge in [-0.15, -0.1) is 0 Å². The number of ether oxygens (including phenoxy) is 1. The number of carbonyl (C=O) groups is 3. The number of carbonyl (C=O) groups excluding carboxylic acids is 3. The number of ketones is 1. The normalized spacial score (nSPS) is 22.4. The molecule has 5 heteroatoms. The fraction of sp³-hybridized carbons (Fsp3) is 0.625. The minimum atomic E-state index is -0.895. The van der Waals surface area contributed by atoms with E-state index >= 15 is 0 Å². The first-order valence-corrected chi connectivity index (χ1v) is 4.11. The maximum absolute atomic E-state index is 11.1. The molecule has 13 heavy (non-hydrogen) atoms. The van der Waals surface area contributed by atoms with E-state index in [-0.39, 0.29) is 31.3 Å². The molecule has 1 aliphatic rings. The Bertz CT molecular complexity index is 249. The first-order valence-electron chi connectivity index (χ1n) is 4.11. The van der Waals surface area contributed by atoms with Gasteiger partial charge in [0.05, 0.1) is 13.2 Å². The first kappa shape index (κ1) is 9.70. The molecule has 0 aromatic carbocycles. The van der Waals surface area contributed by atoms with Gasteiger partial charge in [0.15, 0.2) is 5.78 Å². The molecule has 0 spiro atoms. The highest BCUT2D eigenvalue weighted by Crippen LogP contribution is 2.10. The Morgan fingerprint density at radius 3 is 2.92 bits per heavy atom. The van der Waals surface area contributed by atoms with E-state index in [1.807, 2.05) is 0 Å². The standard InChI is InChI=1S/C8H11NO4/c1-2-13-8(12)5-3-7(11)9-4-6(5)10/h5H,2-4H2,1H3,(H,9,11). The number of nitrogens with one attached hydrogen (secondary N) is 1. The predicted octanol–water partition coefficient (Wildman–Crippen LogP) is -0.745. The third-order valence-corrected chi connectivity index (χ3v) is 1.81. The maximum atomic E-state index is 11.1. The molecule has 1 amide bonds. The van der Waals surface area contributed by atoms with Gasteiger partial charge in [-0.1, -0.05) is 0 Å². The van der Waals surface area contributed by atoms with Crippen molar-refractivity contribution in [1.29, 1.82) is 0 Å². The van der Waals surface area contributed by atoms with E-state index in [0.717, 1.165) is 0 Å². The summed E-state index contributed by atoms with van der Waals surface area (Å²) in [6, 6.07) is 0. The van der Waals surface area contributed by atoms with Crippen molar-refractivity contribution in [3.05, 3.63) is 0 Å². The van der Waals surface area contributed by atoms with Crippen LogP contribution in [0.3, 0.4) is 0 Å². The van der Waals surface area contributed by atoms with Gasteiger partial charge in [-0.05, 0) is 6.92 Å². The zero-order valence-corrected chi connectivity index (χ0v) is 7.33. The number of rotatable bonds is 2. The quantitative estimate of drug-likeness (QED) is 0.454. The minimum absolute atomic E-state index is 0.0671. The van der Waals surface area contributed by atoms with Crippen molar-refractivity contribution >= 4 is 17.7 Å². The zero-order valence-electron chi connectivity index (χ0n) is 7.33. The van der Waals surface area contributed by atoms with Crippen molar-refractivity contribution in [2.45, 2.75) is 13.3 Å². The highest BCUT2D eigenvalue weighted by molar-refractivity contribution is 6.06. The molecule has 1 atom stereocenters. The highest BCUT2D eigenvalue weighted by atomic mass is 16.5. The lowest BCUT2D eigenvalue weighted by Crippen LogP contribution is -2.44.